The van der Waals surface area contributed by atoms with Crippen molar-refractivity contribution in [2.75, 3.05) is 19.6 Å². The topological polar surface area (TPSA) is 67.5 Å². The van der Waals surface area contributed by atoms with Crippen LogP contribution in [0.25, 0.3) is 11.1 Å². The normalized spacial score (nSPS) is 26.4. The van der Waals surface area contributed by atoms with Crippen LogP contribution in [0, 0.1) is 5.92 Å². The second-order valence-corrected chi connectivity index (χ2v) is 8.75. The molecule has 7 heteroatoms. The summed E-state index contributed by atoms with van der Waals surface area (Å²) in [4.78, 5) is 27.2. The number of halogens is 1. The minimum absolute atomic E-state index is 0.0117. The second kappa shape index (κ2) is 8.29. The lowest BCUT2D eigenvalue weighted by atomic mass is 9.86. The third-order valence-electron chi connectivity index (χ3n) is 6.25. The molecule has 1 N–H and O–H groups in total. The van der Waals surface area contributed by atoms with Crippen LogP contribution in [0.2, 0.25) is 5.02 Å². The second-order valence-electron chi connectivity index (χ2n) is 8.32. The van der Waals surface area contributed by atoms with Crippen molar-refractivity contribution >= 4 is 28.6 Å². The van der Waals surface area contributed by atoms with Gasteiger partial charge in [0.15, 0.2) is 5.58 Å². The van der Waals surface area contributed by atoms with E-state index in [1.807, 2.05) is 0 Å². The molecule has 2 aliphatic rings. The number of hydrogen-bond donors (Lipinski definition) is 1. The Morgan fingerprint density at radius 2 is 2.07 bits per heavy atom. The van der Waals surface area contributed by atoms with Crippen LogP contribution in [-0.2, 0) is 4.79 Å². The van der Waals surface area contributed by atoms with E-state index in [4.69, 9.17) is 16.0 Å². The number of benzene rings is 1. The lowest BCUT2D eigenvalue weighted by molar-refractivity contribution is -0.123. The van der Waals surface area contributed by atoms with Crippen molar-refractivity contribution in [3.63, 3.8) is 0 Å². The number of oxazole rings is 1. The Hall–Kier alpha value is -1.79. The molecule has 1 amide bonds. The van der Waals surface area contributed by atoms with Gasteiger partial charge >= 0.3 is 5.76 Å². The maximum atomic E-state index is 12.6. The first-order valence-corrected chi connectivity index (χ1v) is 10.7. The molecule has 3 unspecified atom stereocenters. The van der Waals surface area contributed by atoms with Crippen molar-refractivity contribution in [2.24, 2.45) is 5.92 Å². The van der Waals surface area contributed by atoms with Crippen molar-refractivity contribution in [2.45, 2.75) is 57.5 Å². The first-order chi connectivity index (χ1) is 13.5. The highest BCUT2D eigenvalue weighted by molar-refractivity contribution is 6.31. The number of nitrogens with one attached hydrogen (secondary N) is 1. The molecule has 1 aliphatic carbocycles. The third-order valence-corrected chi connectivity index (χ3v) is 6.48. The maximum absolute atomic E-state index is 12.6. The summed E-state index contributed by atoms with van der Waals surface area (Å²) in [5.41, 5.74) is 1.28. The molecule has 2 fully saturated rings. The minimum atomic E-state index is -0.357. The zero-order chi connectivity index (χ0) is 19.7. The molecule has 1 saturated carbocycles. The van der Waals surface area contributed by atoms with Gasteiger partial charge in [0.1, 0.15) is 0 Å². The molecule has 3 atom stereocenters. The SMILES string of the molecule is CC1CCCCC1NC(=O)CN1CCCC(n2c(=O)oc3ccc(Cl)cc32)C1. The first kappa shape index (κ1) is 19.5. The van der Waals surface area contributed by atoms with E-state index in [0.717, 1.165) is 31.3 Å². The molecule has 0 radical (unpaired) electrons. The summed E-state index contributed by atoms with van der Waals surface area (Å²) in [5, 5.41) is 3.81. The van der Waals surface area contributed by atoms with Crippen molar-refractivity contribution in [3.8, 4) is 0 Å². The van der Waals surface area contributed by atoms with E-state index in [1.165, 1.54) is 19.3 Å². The molecule has 1 saturated heterocycles. The highest BCUT2D eigenvalue weighted by Crippen LogP contribution is 2.27. The van der Waals surface area contributed by atoms with E-state index in [0.29, 0.717) is 35.7 Å². The highest BCUT2D eigenvalue weighted by atomic mass is 35.5. The average molecular weight is 406 g/mol. The smallest absolute Gasteiger partial charge is 0.408 e. The minimum Gasteiger partial charge on any atom is -0.408 e. The fourth-order valence-electron chi connectivity index (χ4n) is 4.72. The van der Waals surface area contributed by atoms with Crippen molar-refractivity contribution in [3.05, 3.63) is 33.8 Å². The first-order valence-electron chi connectivity index (χ1n) is 10.3. The van der Waals surface area contributed by atoms with Gasteiger partial charge in [-0.2, -0.15) is 0 Å². The van der Waals surface area contributed by atoms with E-state index in [2.05, 4.69) is 17.1 Å². The maximum Gasteiger partial charge on any atom is 0.420 e. The number of nitrogens with zero attached hydrogens (tertiary/aromatic N) is 2. The summed E-state index contributed by atoms with van der Waals surface area (Å²) < 4.78 is 7.09. The Bertz CT molecular complexity index is 906. The lowest BCUT2D eigenvalue weighted by Gasteiger charge is -2.34. The van der Waals surface area contributed by atoms with E-state index in [9.17, 15) is 9.59 Å². The predicted octanol–water partition coefficient (Wildman–Crippen LogP) is 3.58. The van der Waals surface area contributed by atoms with E-state index in [-0.39, 0.29) is 17.7 Å². The Morgan fingerprint density at radius 1 is 1.25 bits per heavy atom. The number of carbonyl (C=O) groups is 1. The van der Waals surface area contributed by atoms with Gasteiger partial charge in [-0.15, -0.1) is 0 Å². The number of piperidine rings is 1. The lowest BCUT2D eigenvalue weighted by Crippen LogP contribution is -2.48. The zero-order valence-electron chi connectivity index (χ0n) is 16.3. The standard InChI is InChI=1S/C21H28ClN3O3/c1-14-5-2-3-7-17(14)23-20(26)13-24-10-4-6-16(12-24)25-18-11-15(22)8-9-19(18)28-21(25)27/h8-9,11,14,16-17H,2-7,10,12-13H2,1H3,(H,23,26). The Labute approximate surface area is 169 Å². The van der Waals surface area contributed by atoms with Crippen LogP contribution in [0.4, 0.5) is 0 Å². The van der Waals surface area contributed by atoms with Crippen LogP contribution in [0.3, 0.4) is 0 Å². The monoisotopic (exact) mass is 405 g/mol. The molecule has 2 heterocycles. The van der Waals surface area contributed by atoms with Gasteiger partial charge in [-0.05, 0) is 56.3 Å². The molecular weight excluding hydrogens is 378 g/mol. The molecule has 6 nitrogen and oxygen atoms in total. The van der Waals surface area contributed by atoms with Crippen LogP contribution in [0.15, 0.2) is 27.4 Å². The van der Waals surface area contributed by atoms with Crippen LogP contribution in [0.1, 0.15) is 51.5 Å². The Balaban J connectivity index is 1.43. The molecule has 1 aromatic heterocycles. The molecule has 1 aliphatic heterocycles. The summed E-state index contributed by atoms with van der Waals surface area (Å²) in [5.74, 6) is 0.281. The Morgan fingerprint density at radius 3 is 2.89 bits per heavy atom. The van der Waals surface area contributed by atoms with Crippen molar-refractivity contribution in [1.82, 2.24) is 14.8 Å². The van der Waals surface area contributed by atoms with Crippen molar-refractivity contribution in [1.29, 1.82) is 0 Å². The molecule has 0 spiro atoms. The number of carbonyl (C=O) groups excluding carboxylic acids is 1. The summed E-state index contributed by atoms with van der Waals surface area (Å²) in [7, 11) is 0. The third kappa shape index (κ3) is 4.13. The van der Waals surface area contributed by atoms with E-state index in [1.54, 1.807) is 22.8 Å². The molecule has 1 aromatic carbocycles. The molecule has 28 heavy (non-hydrogen) atoms. The highest BCUT2D eigenvalue weighted by Gasteiger charge is 2.28. The number of rotatable bonds is 4. The van der Waals surface area contributed by atoms with Gasteiger partial charge in [0.2, 0.25) is 5.91 Å². The van der Waals surface area contributed by atoms with Gasteiger partial charge < -0.3 is 9.73 Å². The summed E-state index contributed by atoms with van der Waals surface area (Å²) >= 11 is 6.12. The van der Waals surface area contributed by atoms with E-state index >= 15 is 0 Å². The molecule has 0 bridgehead atoms. The number of aromatic nitrogens is 1. The average Bonchev–Trinajstić information content (AvgIpc) is 2.99. The van der Waals surface area contributed by atoms with Crippen molar-refractivity contribution < 1.29 is 9.21 Å². The molecule has 152 valence electrons. The largest absolute Gasteiger partial charge is 0.420 e. The fourth-order valence-corrected chi connectivity index (χ4v) is 4.89. The van der Waals surface area contributed by atoms with Crippen LogP contribution in [0.5, 0.6) is 0 Å². The fraction of sp³-hybridized carbons (Fsp3) is 0.619. The Kier molecular flexibility index (Phi) is 5.78. The van der Waals surface area contributed by atoms with Gasteiger partial charge in [-0.1, -0.05) is 31.4 Å². The predicted molar refractivity (Wildman–Crippen MR) is 110 cm³/mol. The summed E-state index contributed by atoms with van der Waals surface area (Å²) in [6.45, 7) is 4.14. The van der Waals surface area contributed by atoms with Crippen LogP contribution < -0.4 is 11.1 Å². The van der Waals surface area contributed by atoms with Crippen LogP contribution >= 0.6 is 11.6 Å². The molecule has 4 rings (SSSR count). The van der Waals surface area contributed by atoms with Crippen LogP contribution in [-0.4, -0.2) is 41.1 Å². The number of amides is 1. The number of likely N-dealkylation sites (tertiary alicyclic amines) is 1. The summed E-state index contributed by atoms with van der Waals surface area (Å²) in [6, 6.07) is 5.51. The molecule has 2 aromatic rings. The van der Waals surface area contributed by atoms with Gasteiger partial charge in [-0.3, -0.25) is 14.3 Å². The van der Waals surface area contributed by atoms with Gasteiger partial charge in [-0.25, -0.2) is 4.79 Å². The van der Waals surface area contributed by atoms with Gasteiger partial charge in [0.05, 0.1) is 18.1 Å². The van der Waals surface area contributed by atoms with E-state index < -0.39 is 0 Å². The quantitative estimate of drug-likeness (QED) is 0.844. The zero-order valence-corrected chi connectivity index (χ0v) is 17.1. The molecular formula is C21H28ClN3O3. The van der Waals surface area contributed by atoms with Gasteiger partial charge in [0.25, 0.3) is 0 Å². The van der Waals surface area contributed by atoms with Gasteiger partial charge in [0, 0.05) is 17.6 Å². The number of fused-ring (bicyclic) bond motifs is 1. The number of hydrogen-bond acceptors (Lipinski definition) is 4. The summed E-state index contributed by atoms with van der Waals surface area (Å²) in [6.07, 6.45) is 6.55.